The van der Waals surface area contributed by atoms with Gasteiger partial charge in [-0.15, -0.1) is 12.8 Å². The van der Waals surface area contributed by atoms with Gasteiger partial charge in [-0.2, -0.15) is 0 Å². The van der Waals surface area contributed by atoms with Gasteiger partial charge in [-0.25, -0.2) is 0 Å². The van der Waals surface area contributed by atoms with Crippen molar-refractivity contribution in [1.82, 2.24) is 0 Å². The van der Waals surface area contributed by atoms with Gasteiger partial charge in [0.1, 0.15) is 0 Å². The first-order chi connectivity index (χ1) is 2.00. The Kier molecular flexibility index (Phi) is 1590. The third kappa shape index (κ3) is 100. The van der Waals surface area contributed by atoms with E-state index in [0.717, 1.165) is 0 Å². The summed E-state index contributed by atoms with van der Waals surface area (Å²) in [6, 6.07) is 0. The second-order valence-electron chi connectivity index (χ2n) is 0. The zero-order valence-electron chi connectivity index (χ0n) is 1.86. The Bertz CT molecular complexity index is 17.2. The van der Waals surface area contributed by atoms with Crippen molar-refractivity contribution in [3.05, 3.63) is 0 Å². The molecule has 0 bridgehead atoms. The molecular weight excluding hydrogens is 104 g/mol. The molecule has 0 aliphatic carbocycles. The molecule has 0 N–H and O–H groups in total. The molecule has 0 aromatic heterocycles. The molecule has 0 aliphatic heterocycles. The van der Waals surface area contributed by atoms with Crippen LogP contribution in [-0.4, -0.2) is 0 Å². The van der Waals surface area contributed by atoms with Gasteiger partial charge in [-0.05, 0) is 0 Å². The topological polar surface area (TPSA) is 17.1 Å². The fraction of sp³-hybridized carbons (Fsp3) is 0. The summed E-state index contributed by atoms with van der Waals surface area (Å²) >= 11 is 2.94. The maximum absolute atomic E-state index is 7.81. The van der Waals surface area contributed by atoms with Gasteiger partial charge in [0.05, 0.1) is 0 Å². The Labute approximate surface area is 33.4 Å². The zero-order valence-corrected chi connectivity index (χ0v) is 2.81. The van der Waals surface area contributed by atoms with E-state index in [4.69, 9.17) is 3.83 Å². The van der Waals surface area contributed by atoms with Crippen LogP contribution in [0, 0.1) is 12.8 Å². The van der Waals surface area contributed by atoms with E-state index in [2.05, 4.69) is 28.8 Å². The third-order valence-corrected chi connectivity index (χ3v) is 0. The van der Waals surface area contributed by atoms with Crippen molar-refractivity contribution < 1.29 is 19.8 Å². The average Bonchev–Trinajstić information content (AvgIpc) is 1.50. The van der Waals surface area contributed by atoms with Crippen LogP contribution in [0.1, 0.15) is 0 Å². The molecule has 0 fully saturated rings. The summed E-state index contributed by atoms with van der Waals surface area (Å²) in [5.41, 5.74) is 0. The third-order valence-electron chi connectivity index (χ3n) is 0. The van der Waals surface area contributed by atoms with Crippen LogP contribution >= 0.6 is 0 Å². The van der Waals surface area contributed by atoms with Crippen LogP contribution in [0.4, 0.5) is 0 Å². The van der Waals surface area contributed by atoms with E-state index in [9.17, 15) is 0 Å². The summed E-state index contributed by atoms with van der Waals surface area (Å²) in [5, 5.41) is 0. The molecule has 0 aliphatic rings. The summed E-state index contributed by atoms with van der Waals surface area (Å²) in [4.78, 5) is 0. The van der Waals surface area contributed by atoms with Crippen molar-refractivity contribution in [3.63, 3.8) is 0 Å². The van der Waals surface area contributed by atoms with E-state index in [1.807, 2.05) is 0 Å². The normalized spacial score (nSPS) is 2.00. The van der Waals surface area contributed by atoms with E-state index in [-0.39, 0.29) is 0 Å². The van der Waals surface area contributed by atoms with E-state index < -0.39 is 0 Å². The Morgan fingerprint density at radius 2 is 1.25 bits per heavy atom. The van der Waals surface area contributed by atoms with E-state index in [1.54, 1.807) is 0 Å². The fourth-order valence-electron chi connectivity index (χ4n) is 0. The molecule has 0 rings (SSSR count). The number of hydrogen-bond acceptors (Lipinski definition) is 1. The quantitative estimate of drug-likeness (QED) is 0.316. The van der Waals surface area contributed by atoms with Gasteiger partial charge in [-0.1, -0.05) is 0 Å². The molecule has 27 valence electrons. The minimum absolute atomic E-state index is 2.94. The van der Waals surface area contributed by atoms with Crippen LogP contribution in [0.3, 0.4) is 0 Å². The van der Waals surface area contributed by atoms with Crippen LogP contribution in [0.2, 0.25) is 0 Å². The van der Waals surface area contributed by atoms with E-state index >= 15 is 0 Å². The maximum atomic E-state index is 7.81. The molecule has 0 saturated carbocycles. The Morgan fingerprint density at radius 1 is 1.25 bits per heavy atom. The first-order valence-electron chi connectivity index (χ1n) is 0.456. The van der Waals surface area contributed by atoms with Crippen molar-refractivity contribution >= 4 is 0 Å². The number of terminal acetylenes is 1. The van der Waals surface area contributed by atoms with Gasteiger partial charge in [-0.3, -0.25) is 0 Å². The van der Waals surface area contributed by atoms with Gasteiger partial charge in [0.15, 0.2) is 0 Å². The molecule has 0 atom stereocenters. The molecular formula is C2H2CuO. The number of hydrogen-bond donors (Lipinski definition) is 0. The zero-order chi connectivity index (χ0) is 4.00. The molecule has 4 heavy (non-hydrogen) atoms. The molecule has 0 spiro atoms. The number of rotatable bonds is 0. The summed E-state index contributed by atoms with van der Waals surface area (Å²) < 4.78 is 7.81. The van der Waals surface area contributed by atoms with Crippen molar-refractivity contribution in [2.75, 3.05) is 0 Å². The van der Waals surface area contributed by atoms with Gasteiger partial charge in [0.2, 0.25) is 0 Å². The van der Waals surface area contributed by atoms with Crippen molar-refractivity contribution in [1.29, 1.82) is 0 Å². The van der Waals surface area contributed by atoms with Crippen molar-refractivity contribution in [2.45, 2.75) is 0 Å². The first kappa shape index (κ1) is 9.11. The summed E-state index contributed by atoms with van der Waals surface area (Å²) in [7, 11) is 0. The van der Waals surface area contributed by atoms with Crippen LogP contribution in [0.5, 0.6) is 0 Å². The Morgan fingerprint density at radius 3 is 1.25 bits per heavy atom. The molecule has 0 unspecified atom stereocenters. The van der Waals surface area contributed by atoms with E-state index in [1.165, 1.54) is 0 Å². The molecule has 0 radical (unpaired) electrons. The standard InChI is InChI=1S/C2H2.Cu.O/c1-2;;/h1-2H;;. The fourth-order valence-corrected chi connectivity index (χ4v) is 0. The van der Waals surface area contributed by atoms with Crippen LogP contribution in [-0.2, 0) is 19.8 Å². The minimum atomic E-state index is 2.94. The summed E-state index contributed by atoms with van der Waals surface area (Å²) in [5.74, 6) is 0. The second-order valence-corrected chi connectivity index (χ2v) is 0. The Balaban J connectivity index is 0. The first-order valence-corrected chi connectivity index (χ1v) is 0.841. The Hall–Kier alpha value is -0.121. The predicted octanol–water partition coefficient (Wildman–Crippen LogP) is 0.128. The van der Waals surface area contributed by atoms with Crippen molar-refractivity contribution in [2.24, 2.45) is 0 Å². The SMILES string of the molecule is C#C.[O]=[Cu]. The predicted molar refractivity (Wildman–Crippen MR) is 10.6 cm³/mol. The molecule has 0 heterocycles. The molecule has 2 heteroatoms. The molecule has 0 amide bonds. The molecule has 0 aromatic carbocycles. The van der Waals surface area contributed by atoms with Gasteiger partial charge < -0.3 is 0 Å². The van der Waals surface area contributed by atoms with Crippen LogP contribution < -0.4 is 0 Å². The van der Waals surface area contributed by atoms with Gasteiger partial charge in [0.25, 0.3) is 0 Å². The molecule has 0 aromatic rings. The van der Waals surface area contributed by atoms with E-state index in [0.29, 0.717) is 0 Å². The van der Waals surface area contributed by atoms with Crippen LogP contribution in [0.15, 0.2) is 0 Å². The van der Waals surface area contributed by atoms with Crippen molar-refractivity contribution in [3.8, 4) is 12.8 Å². The van der Waals surface area contributed by atoms with Gasteiger partial charge in [0, 0.05) is 0 Å². The average molecular weight is 106 g/mol. The van der Waals surface area contributed by atoms with Gasteiger partial charge >= 0.3 is 19.8 Å². The second kappa shape index (κ2) is 700. The van der Waals surface area contributed by atoms with Crippen LogP contribution in [0.25, 0.3) is 0 Å². The monoisotopic (exact) mass is 105 g/mol. The summed E-state index contributed by atoms with van der Waals surface area (Å²) in [6.07, 6.45) is 8.00. The molecule has 0 saturated heterocycles. The molecule has 1 nitrogen and oxygen atoms in total. The summed E-state index contributed by atoms with van der Waals surface area (Å²) in [6.45, 7) is 0.